The number of hydrogen-bond donors (Lipinski definition) is 1. The lowest BCUT2D eigenvalue weighted by Gasteiger charge is -2.27. The van der Waals surface area contributed by atoms with Crippen molar-refractivity contribution in [3.05, 3.63) is 0 Å². The van der Waals surface area contributed by atoms with E-state index in [1.807, 2.05) is 0 Å². The third-order valence-corrected chi connectivity index (χ3v) is 3.86. The molecule has 13 heavy (non-hydrogen) atoms. The maximum Gasteiger partial charge on any atom is 0.0632 e. The van der Waals surface area contributed by atoms with Crippen LogP contribution in [-0.4, -0.2) is 10.9 Å². The smallest absolute Gasteiger partial charge is 0.0632 e. The van der Waals surface area contributed by atoms with Crippen LogP contribution >= 0.6 is 0 Å². The van der Waals surface area contributed by atoms with Crippen molar-refractivity contribution in [1.82, 2.24) is 0 Å². The Kier molecular flexibility index (Phi) is 2.56. The molecule has 0 aliphatic heterocycles. The van der Waals surface area contributed by atoms with Gasteiger partial charge < -0.3 is 5.21 Å². The molecule has 0 unspecified atom stereocenters. The lowest BCUT2D eigenvalue weighted by atomic mass is 9.77. The summed E-state index contributed by atoms with van der Waals surface area (Å²) in [7, 11) is 0. The van der Waals surface area contributed by atoms with Gasteiger partial charge in [0.05, 0.1) is 5.71 Å². The third-order valence-electron chi connectivity index (χ3n) is 3.86. The molecule has 0 aromatic heterocycles. The van der Waals surface area contributed by atoms with Gasteiger partial charge in [-0.1, -0.05) is 30.8 Å². The summed E-state index contributed by atoms with van der Waals surface area (Å²) in [6, 6.07) is 0. The first-order valence-corrected chi connectivity index (χ1v) is 5.59. The summed E-state index contributed by atoms with van der Waals surface area (Å²) >= 11 is 0. The highest BCUT2D eigenvalue weighted by atomic mass is 16.4. The van der Waals surface area contributed by atoms with Gasteiger partial charge in [-0.3, -0.25) is 0 Å². The van der Waals surface area contributed by atoms with E-state index in [4.69, 9.17) is 5.21 Å². The zero-order valence-electron chi connectivity index (χ0n) is 8.26. The number of hydrogen-bond acceptors (Lipinski definition) is 2. The molecule has 2 nitrogen and oxygen atoms in total. The monoisotopic (exact) mass is 181 g/mol. The van der Waals surface area contributed by atoms with Crippen LogP contribution < -0.4 is 0 Å². The van der Waals surface area contributed by atoms with E-state index in [0.717, 1.165) is 12.1 Å². The lowest BCUT2D eigenvalue weighted by molar-refractivity contribution is 0.297. The van der Waals surface area contributed by atoms with Crippen molar-refractivity contribution in [2.45, 2.75) is 57.8 Å². The molecular weight excluding hydrogens is 162 g/mol. The second-order valence-corrected chi connectivity index (χ2v) is 4.59. The Labute approximate surface area is 80.0 Å². The molecule has 2 fully saturated rings. The van der Waals surface area contributed by atoms with Gasteiger partial charge in [0, 0.05) is 5.41 Å². The Morgan fingerprint density at radius 3 is 2.15 bits per heavy atom. The van der Waals surface area contributed by atoms with Crippen LogP contribution in [0.5, 0.6) is 0 Å². The molecule has 2 aliphatic rings. The molecule has 0 atom stereocenters. The van der Waals surface area contributed by atoms with E-state index >= 15 is 0 Å². The average molecular weight is 181 g/mol. The molecule has 1 spiro atoms. The Hall–Kier alpha value is -0.530. The molecule has 0 bridgehead atoms. The summed E-state index contributed by atoms with van der Waals surface area (Å²) in [4.78, 5) is 0. The van der Waals surface area contributed by atoms with Gasteiger partial charge in [-0.15, -0.1) is 0 Å². The summed E-state index contributed by atoms with van der Waals surface area (Å²) in [5, 5.41) is 12.6. The maximum absolute atomic E-state index is 9.03. The van der Waals surface area contributed by atoms with E-state index in [0.29, 0.717) is 5.41 Å². The summed E-state index contributed by atoms with van der Waals surface area (Å²) < 4.78 is 0. The second-order valence-electron chi connectivity index (χ2n) is 4.59. The molecule has 0 aromatic carbocycles. The molecule has 0 radical (unpaired) electrons. The van der Waals surface area contributed by atoms with Crippen LogP contribution in [-0.2, 0) is 0 Å². The second kappa shape index (κ2) is 3.69. The van der Waals surface area contributed by atoms with Gasteiger partial charge in [-0.05, 0) is 32.1 Å². The highest BCUT2D eigenvalue weighted by Gasteiger charge is 2.39. The van der Waals surface area contributed by atoms with Crippen molar-refractivity contribution in [3.8, 4) is 0 Å². The minimum absolute atomic E-state index is 0.325. The van der Waals surface area contributed by atoms with Crippen LogP contribution in [0.25, 0.3) is 0 Å². The first kappa shape index (κ1) is 9.04. The zero-order chi connectivity index (χ0) is 9.15. The number of rotatable bonds is 0. The molecule has 0 aromatic rings. The van der Waals surface area contributed by atoms with E-state index in [2.05, 4.69) is 5.16 Å². The highest BCUT2D eigenvalue weighted by molar-refractivity contribution is 5.90. The SMILES string of the molecule is ON=C1CCCCCC12CCCC2. The predicted molar refractivity (Wildman–Crippen MR) is 53.2 cm³/mol. The molecule has 0 saturated heterocycles. The normalized spacial score (nSPS) is 30.9. The van der Waals surface area contributed by atoms with Crippen LogP contribution in [0.4, 0.5) is 0 Å². The van der Waals surface area contributed by atoms with Gasteiger partial charge in [-0.2, -0.15) is 0 Å². The van der Waals surface area contributed by atoms with Crippen LogP contribution in [0, 0.1) is 5.41 Å². The van der Waals surface area contributed by atoms with Crippen LogP contribution in [0.2, 0.25) is 0 Å². The van der Waals surface area contributed by atoms with Crippen molar-refractivity contribution in [2.75, 3.05) is 0 Å². The summed E-state index contributed by atoms with van der Waals surface area (Å²) in [5.74, 6) is 0. The summed E-state index contributed by atoms with van der Waals surface area (Å²) in [5.41, 5.74) is 1.44. The quantitative estimate of drug-likeness (QED) is 0.451. The van der Waals surface area contributed by atoms with E-state index in [9.17, 15) is 0 Å². The van der Waals surface area contributed by atoms with Crippen molar-refractivity contribution < 1.29 is 5.21 Å². The lowest BCUT2D eigenvalue weighted by Crippen LogP contribution is -2.26. The topological polar surface area (TPSA) is 32.6 Å². The fourth-order valence-corrected chi connectivity index (χ4v) is 3.09. The third kappa shape index (κ3) is 1.59. The first-order valence-electron chi connectivity index (χ1n) is 5.59. The van der Waals surface area contributed by atoms with Gasteiger partial charge in [0.15, 0.2) is 0 Å². The zero-order valence-corrected chi connectivity index (χ0v) is 8.26. The van der Waals surface area contributed by atoms with E-state index in [-0.39, 0.29) is 0 Å². The van der Waals surface area contributed by atoms with Crippen molar-refractivity contribution in [2.24, 2.45) is 10.6 Å². The van der Waals surface area contributed by atoms with E-state index < -0.39 is 0 Å². The molecule has 74 valence electrons. The first-order chi connectivity index (χ1) is 6.37. The van der Waals surface area contributed by atoms with E-state index in [1.54, 1.807) is 0 Å². The average Bonchev–Trinajstić information content (AvgIpc) is 2.50. The minimum Gasteiger partial charge on any atom is -0.411 e. The fourth-order valence-electron chi connectivity index (χ4n) is 3.09. The van der Waals surface area contributed by atoms with Crippen molar-refractivity contribution >= 4 is 5.71 Å². The standard InChI is InChI=1S/C11H19NO/c13-12-10-6-2-1-3-7-11(10)8-4-5-9-11/h13H,1-9H2. The van der Waals surface area contributed by atoms with Gasteiger partial charge >= 0.3 is 0 Å². The Balaban J connectivity index is 2.19. The molecule has 0 heterocycles. The number of oxime groups is 1. The summed E-state index contributed by atoms with van der Waals surface area (Å²) in [6.07, 6.45) is 11.4. The Morgan fingerprint density at radius 2 is 1.54 bits per heavy atom. The molecule has 2 aliphatic carbocycles. The van der Waals surface area contributed by atoms with Gasteiger partial charge in [0.25, 0.3) is 0 Å². The molecule has 2 heteroatoms. The number of nitrogens with zero attached hydrogens (tertiary/aromatic N) is 1. The fraction of sp³-hybridized carbons (Fsp3) is 0.909. The largest absolute Gasteiger partial charge is 0.411 e. The van der Waals surface area contributed by atoms with Crippen LogP contribution in [0.3, 0.4) is 0 Å². The van der Waals surface area contributed by atoms with Crippen molar-refractivity contribution in [3.63, 3.8) is 0 Å². The van der Waals surface area contributed by atoms with Crippen LogP contribution in [0.1, 0.15) is 57.8 Å². The highest BCUT2D eigenvalue weighted by Crippen LogP contribution is 2.46. The van der Waals surface area contributed by atoms with Gasteiger partial charge in [-0.25, -0.2) is 0 Å². The Bertz CT molecular complexity index is 204. The van der Waals surface area contributed by atoms with Gasteiger partial charge in [0.2, 0.25) is 0 Å². The molecule has 0 amide bonds. The minimum atomic E-state index is 0.325. The summed E-state index contributed by atoms with van der Waals surface area (Å²) in [6.45, 7) is 0. The van der Waals surface area contributed by atoms with Crippen molar-refractivity contribution in [1.29, 1.82) is 0 Å². The van der Waals surface area contributed by atoms with Gasteiger partial charge in [0.1, 0.15) is 0 Å². The maximum atomic E-state index is 9.03. The molecular formula is C11H19NO. The molecule has 2 saturated carbocycles. The Morgan fingerprint density at radius 1 is 0.923 bits per heavy atom. The molecule has 1 N–H and O–H groups in total. The molecule has 2 rings (SSSR count). The van der Waals surface area contributed by atoms with E-state index in [1.165, 1.54) is 51.4 Å². The van der Waals surface area contributed by atoms with Crippen LogP contribution in [0.15, 0.2) is 5.16 Å². The predicted octanol–water partition coefficient (Wildman–Crippen LogP) is 3.34.